The summed E-state index contributed by atoms with van der Waals surface area (Å²) >= 11 is 0. The van der Waals surface area contributed by atoms with Crippen LogP contribution < -0.4 is 10.6 Å². The molecule has 0 saturated carbocycles. The maximum absolute atomic E-state index is 13.3. The molecule has 3 aromatic rings. The Hall–Kier alpha value is -4.08. The maximum atomic E-state index is 13.3. The van der Waals surface area contributed by atoms with Crippen molar-refractivity contribution in [2.45, 2.75) is 52.2 Å². The van der Waals surface area contributed by atoms with Crippen LogP contribution in [-0.2, 0) is 32.0 Å². The summed E-state index contributed by atoms with van der Waals surface area (Å²) in [7, 11) is 0. The molecule has 190 valence electrons. The largest absolute Gasteiger partial charge is 0.460 e. The lowest BCUT2D eigenvalue weighted by atomic mass is 10.1. The van der Waals surface area contributed by atoms with Crippen molar-refractivity contribution in [3.63, 3.8) is 0 Å². The average molecular weight is 499 g/mol. The quantitative estimate of drug-likeness (QED) is 0.408. The van der Waals surface area contributed by atoms with E-state index in [-0.39, 0.29) is 30.2 Å². The zero-order chi connectivity index (χ0) is 26.5. The van der Waals surface area contributed by atoms with Gasteiger partial charge in [-0.15, -0.1) is 0 Å². The number of carbonyl (C=O) groups is 3. The maximum Gasteiger partial charge on any atom is 0.310 e. The van der Waals surface area contributed by atoms with Crippen LogP contribution in [0.2, 0.25) is 0 Å². The standard InChI is InChI=1S/C26H28F2N4O4/c1-15(29-23(33)11-17-9-19(27)13-20(28)10-17)25(35)30-22-14-21(31-32-22)18-7-5-16(6-8-18)12-24(34)36-26(2,3)4/h5-10,13-15H,11-12H2,1-4H3,(H,29,33)(H2,30,31,32,35). The second kappa shape index (κ2) is 11.1. The zero-order valence-corrected chi connectivity index (χ0v) is 20.4. The first kappa shape index (κ1) is 26.5. The molecule has 1 unspecified atom stereocenters. The molecule has 2 aromatic carbocycles. The summed E-state index contributed by atoms with van der Waals surface area (Å²) in [6.07, 6.45) is -0.123. The number of aromatic amines is 1. The van der Waals surface area contributed by atoms with Gasteiger partial charge in [-0.1, -0.05) is 24.3 Å². The van der Waals surface area contributed by atoms with Crippen molar-refractivity contribution in [2.24, 2.45) is 0 Å². The highest BCUT2D eigenvalue weighted by Crippen LogP contribution is 2.21. The van der Waals surface area contributed by atoms with E-state index in [1.807, 2.05) is 32.9 Å². The number of nitrogens with zero attached hydrogens (tertiary/aromatic N) is 1. The zero-order valence-electron chi connectivity index (χ0n) is 20.4. The Kier molecular flexibility index (Phi) is 8.18. The number of anilines is 1. The van der Waals surface area contributed by atoms with Crippen LogP contribution in [0.5, 0.6) is 0 Å². The van der Waals surface area contributed by atoms with Gasteiger partial charge in [0.15, 0.2) is 5.82 Å². The van der Waals surface area contributed by atoms with E-state index in [0.717, 1.165) is 23.3 Å². The number of benzene rings is 2. The molecule has 0 aliphatic heterocycles. The van der Waals surface area contributed by atoms with Crippen LogP contribution in [0.4, 0.5) is 14.6 Å². The van der Waals surface area contributed by atoms with Gasteiger partial charge in [0.1, 0.15) is 23.3 Å². The first-order valence-electron chi connectivity index (χ1n) is 11.3. The fraction of sp³-hybridized carbons (Fsp3) is 0.308. The summed E-state index contributed by atoms with van der Waals surface area (Å²) in [6, 6.07) is 10.8. The van der Waals surface area contributed by atoms with Crippen LogP contribution in [0.25, 0.3) is 11.3 Å². The van der Waals surface area contributed by atoms with Crippen LogP contribution in [0.15, 0.2) is 48.5 Å². The monoisotopic (exact) mass is 498 g/mol. The van der Waals surface area contributed by atoms with Gasteiger partial charge in [0.05, 0.1) is 18.5 Å². The van der Waals surface area contributed by atoms with Gasteiger partial charge in [0, 0.05) is 12.1 Å². The number of H-pyrrole nitrogens is 1. The number of ether oxygens (including phenoxy) is 1. The molecule has 3 rings (SSSR count). The molecular formula is C26H28F2N4O4. The summed E-state index contributed by atoms with van der Waals surface area (Å²) in [5.74, 6) is -2.70. The van der Waals surface area contributed by atoms with Gasteiger partial charge in [0.2, 0.25) is 11.8 Å². The van der Waals surface area contributed by atoms with E-state index in [0.29, 0.717) is 11.8 Å². The predicted octanol–water partition coefficient (Wildman–Crippen LogP) is 3.93. The van der Waals surface area contributed by atoms with Crippen LogP contribution in [0.3, 0.4) is 0 Å². The molecule has 0 aliphatic rings. The second-order valence-electron chi connectivity index (χ2n) is 9.36. The number of carbonyl (C=O) groups excluding carboxylic acids is 3. The minimum Gasteiger partial charge on any atom is -0.460 e. The molecule has 0 saturated heterocycles. The van der Waals surface area contributed by atoms with E-state index in [1.54, 1.807) is 18.2 Å². The summed E-state index contributed by atoms with van der Waals surface area (Å²) in [4.78, 5) is 36.6. The van der Waals surface area contributed by atoms with Crippen molar-refractivity contribution in [1.29, 1.82) is 0 Å². The molecule has 0 spiro atoms. The molecule has 1 aromatic heterocycles. The van der Waals surface area contributed by atoms with Crippen LogP contribution in [0.1, 0.15) is 38.8 Å². The second-order valence-corrected chi connectivity index (χ2v) is 9.36. The molecular weight excluding hydrogens is 470 g/mol. The number of nitrogens with one attached hydrogen (secondary N) is 3. The molecule has 0 bridgehead atoms. The molecule has 0 fully saturated rings. The van der Waals surface area contributed by atoms with E-state index >= 15 is 0 Å². The third-order valence-electron chi connectivity index (χ3n) is 4.92. The van der Waals surface area contributed by atoms with E-state index in [1.165, 1.54) is 6.92 Å². The van der Waals surface area contributed by atoms with Crippen LogP contribution >= 0.6 is 0 Å². The van der Waals surface area contributed by atoms with E-state index < -0.39 is 35.1 Å². The lowest BCUT2D eigenvalue weighted by Crippen LogP contribution is -2.42. The van der Waals surface area contributed by atoms with Crippen LogP contribution in [0, 0.1) is 11.6 Å². The Morgan fingerprint density at radius 2 is 1.61 bits per heavy atom. The highest BCUT2D eigenvalue weighted by molar-refractivity contribution is 5.96. The fourth-order valence-electron chi connectivity index (χ4n) is 3.37. The number of hydrogen-bond acceptors (Lipinski definition) is 5. The molecule has 0 aliphatic carbocycles. The van der Waals surface area contributed by atoms with Gasteiger partial charge in [-0.25, -0.2) is 8.78 Å². The summed E-state index contributed by atoms with van der Waals surface area (Å²) < 4.78 is 31.9. The molecule has 1 heterocycles. The number of rotatable bonds is 8. The van der Waals surface area contributed by atoms with Gasteiger partial charge >= 0.3 is 5.97 Å². The van der Waals surface area contributed by atoms with Gasteiger partial charge in [0.25, 0.3) is 0 Å². The van der Waals surface area contributed by atoms with Crippen molar-refractivity contribution in [3.05, 3.63) is 71.3 Å². The summed E-state index contributed by atoms with van der Waals surface area (Å²) in [5, 5.41) is 12.0. The van der Waals surface area contributed by atoms with Crippen molar-refractivity contribution in [3.8, 4) is 11.3 Å². The minimum atomic E-state index is -0.914. The Morgan fingerprint density at radius 3 is 2.22 bits per heavy atom. The Morgan fingerprint density at radius 1 is 0.972 bits per heavy atom. The predicted molar refractivity (Wildman–Crippen MR) is 130 cm³/mol. The van der Waals surface area contributed by atoms with Crippen molar-refractivity contribution in [2.75, 3.05) is 5.32 Å². The molecule has 10 heteroatoms. The lowest BCUT2D eigenvalue weighted by Gasteiger charge is -2.19. The summed E-state index contributed by atoms with van der Waals surface area (Å²) in [6.45, 7) is 6.92. The number of amides is 2. The number of hydrogen-bond donors (Lipinski definition) is 3. The molecule has 0 radical (unpaired) electrons. The fourth-order valence-corrected chi connectivity index (χ4v) is 3.37. The molecule has 36 heavy (non-hydrogen) atoms. The Balaban J connectivity index is 1.53. The van der Waals surface area contributed by atoms with Crippen molar-refractivity contribution >= 4 is 23.6 Å². The van der Waals surface area contributed by atoms with E-state index in [4.69, 9.17) is 4.74 Å². The number of aromatic nitrogens is 2. The molecule has 8 nitrogen and oxygen atoms in total. The SMILES string of the molecule is CC(NC(=O)Cc1cc(F)cc(F)c1)C(=O)Nc1cc(-c2ccc(CC(=O)OC(C)(C)C)cc2)[nH]n1. The van der Waals surface area contributed by atoms with E-state index in [9.17, 15) is 23.2 Å². The Bertz CT molecular complexity index is 1230. The third kappa shape index (κ3) is 8.00. The topological polar surface area (TPSA) is 113 Å². The summed E-state index contributed by atoms with van der Waals surface area (Å²) in [5.41, 5.74) is 1.84. The highest BCUT2D eigenvalue weighted by Gasteiger charge is 2.19. The van der Waals surface area contributed by atoms with Gasteiger partial charge in [-0.3, -0.25) is 19.5 Å². The Labute approximate surface area is 207 Å². The van der Waals surface area contributed by atoms with E-state index in [2.05, 4.69) is 20.8 Å². The molecule has 2 amide bonds. The highest BCUT2D eigenvalue weighted by atomic mass is 19.1. The number of halogens is 2. The van der Waals surface area contributed by atoms with Gasteiger partial charge in [-0.05, 0) is 56.5 Å². The normalized spacial score (nSPS) is 12.1. The molecule has 3 N–H and O–H groups in total. The average Bonchev–Trinajstić information content (AvgIpc) is 3.20. The van der Waals surface area contributed by atoms with Gasteiger partial charge in [-0.2, -0.15) is 5.10 Å². The van der Waals surface area contributed by atoms with Crippen LogP contribution in [-0.4, -0.2) is 39.6 Å². The van der Waals surface area contributed by atoms with Crippen molar-refractivity contribution in [1.82, 2.24) is 15.5 Å². The smallest absolute Gasteiger partial charge is 0.310 e. The lowest BCUT2D eigenvalue weighted by molar-refractivity contribution is -0.153. The first-order chi connectivity index (χ1) is 16.9. The molecule has 1 atom stereocenters. The van der Waals surface area contributed by atoms with Crippen molar-refractivity contribution < 1.29 is 27.9 Å². The minimum absolute atomic E-state index is 0.152. The first-order valence-corrected chi connectivity index (χ1v) is 11.3. The third-order valence-corrected chi connectivity index (χ3v) is 4.92. The van der Waals surface area contributed by atoms with Gasteiger partial charge < -0.3 is 15.4 Å². The number of esters is 1.